The Bertz CT molecular complexity index is 2240. The SMILES string of the molecule is O=C(Nc1ccccc1)Nc1cccc(OS(=O)(=O)c2ccc(-c3ccc(S(=O)(=O)Oc4cccc(NC(=O)Nc5ccccc5)c4)cc3)cc2)c1. The number of amides is 4. The molecule has 0 aliphatic rings. The third-order valence-electron chi connectivity index (χ3n) is 7.28. The maximum absolute atomic E-state index is 13.1. The number of rotatable bonds is 11. The van der Waals surface area contributed by atoms with Gasteiger partial charge in [-0.25, -0.2) is 9.59 Å². The highest BCUT2D eigenvalue weighted by Crippen LogP contribution is 2.28. The largest absolute Gasteiger partial charge is 0.379 e. The molecule has 0 radical (unpaired) electrons. The predicted octanol–water partition coefficient (Wildman–Crippen LogP) is 8.18. The zero-order valence-electron chi connectivity index (χ0n) is 27.1. The fourth-order valence-corrected chi connectivity index (χ4v) is 6.70. The maximum atomic E-state index is 13.1. The fraction of sp³-hybridized carbons (Fsp3) is 0. The molecular weight excluding hydrogens is 705 g/mol. The summed E-state index contributed by atoms with van der Waals surface area (Å²) in [5, 5.41) is 10.6. The van der Waals surface area contributed by atoms with Crippen molar-refractivity contribution in [3.05, 3.63) is 158 Å². The Labute approximate surface area is 300 Å². The summed E-state index contributed by atoms with van der Waals surface area (Å²) in [6.45, 7) is 0. The number of benzene rings is 6. The summed E-state index contributed by atoms with van der Waals surface area (Å²) in [5.74, 6) is -0.00528. The van der Waals surface area contributed by atoms with E-state index in [2.05, 4.69) is 21.3 Å². The van der Waals surface area contributed by atoms with Crippen molar-refractivity contribution in [3.63, 3.8) is 0 Å². The van der Waals surface area contributed by atoms with Crippen molar-refractivity contribution in [1.29, 1.82) is 0 Å². The lowest BCUT2D eigenvalue weighted by Crippen LogP contribution is -2.19. The predicted molar refractivity (Wildman–Crippen MR) is 199 cm³/mol. The van der Waals surface area contributed by atoms with Gasteiger partial charge in [-0.2, -0.15) is 16.8 Å². The number of hydrogen-bond donors (Lipinski definition) is 4. The monoisotopic (exact) mass is 734 g/mol. The highest BCUT2D eigenvalue weighted by atomic mass is 32.2. The lowest BCUT2D eigenvalue weighted by Gasteiger charge is -2.11. The second kappa shape index (κ2) is 15.5. The van der Waals surface area contributed by atoms with Crippen LogP contribution in [0.3, 0.4) is 0 Å². The van der Waals surface area contributed by atoms with Crippen LogP contribution in [-0.2, 0) is 20.2 Å². The van der Waals surface area contributed by atoms with Crippen LogP contribution in [0.5, 0.6) is 11.5 Å². The molecule has 4 N–H and O–H groups in total. The molecule has 0 saturated carbocycles. The lowest BCUT2D eigenvalue weighted by atomic mass is 10.1. The second-order valence-corrected chi connectivity index (χ2v) is 14.2. The third kappa shape index (κ3) is 9.32. The summed E-state index contributed by atoms with van der Waals surface area (Å²) >= 11 is 0. The smallest absolute Gasteiger partial charge is 0.339 e. The van der Waals surface area contributed by atoms with E-state index < -0.39 is 32.3 Å². The molecule has 0 heterocycles. The highest BCUT2D eigenvalue weighted by molar-refractivity contribution is 7.87. The standard InChI is InChI=1S/C38H30N4O8S2/c43-37(39-29-9-3-1-4-10-29)41-31-13-7-15-33(25-31)49-51(45,46)35-21-17-27(18-22-35)28-19-23-36(24-20-28)52(47,48)50-34-16-8-14-32(26-34)42-38(44)40-30-11-5-2-6-12-30/h1-26H,(H2,39,41,43)(H2,40,42,44). The molecule has 262 valence electrons. The van der Waals surface area contributed by atoms with Crippen LogP contribution in [0.2, 0.25) is 0 Å². The van der Waals surface area contributed by atoms with Gasteiger partial charge in [0.05, 0.1) is 0 Å². The van der Waals surface area contributed by atoms with Crippen LogP contribution >= 0.6 is 0 Å². The molecule has 0 fully saturated rings. The molecule has 0 atom stereocenters. The molecule has 4 amide bonds. The molecule has 6 rings (SSSR count). The summed E-state index contributed by atoms with van der Waals surface area (Å²) in [5.41, 5.74) is 3.06. The van der Waals surface area contributed by atoms with Crippen LogP contribution in [0.25, 0.3) is 11.1 Å². The lowest BCUT2D eigenvalue weighted by molar-refractivity contribution is 0.261. The van der Waals surface area contributed by atoms with Crippen LogP contribution < -0.4 is 29.6 Å². The quantitative estimate of drug-likeness (QED) is 0.0967. The van der Waals surface area contributed by atoms with Crippen molar-refractivity contribution in [3.8, 4) is 22.6 Å². The molecule has 12 nitrogen and oxygen atoms in total. The molecule has 6 aromatic carbocycles. The fourth-order valence-electron chi connectivity index (χ4n) is 4.86. The van der Waals surface area contributed by atoms with Gasteiger partial charge < -0.3 is 29.6 Å². The van der Waals surface area contributed by atoms with E-state index in [-0.39, 0.29) is 21.3 Å². The van der Waals surface area contributed by atoms with E-state index in [9.17, 15) is 26.4 Å². The Kier molecular flexibility index (Phi) is 10.5. The van der Waals surface area contributed by atoms with Crippen molar-refractivity contribution in [2.24, 2.45) is 0 Å². The molecule has 14 heteroatoms. The summed E-state index contributed by atoms with van der Waals surface area (Å²) in [7, 11) is -8.47. The first-order valence-electron chi connectivity index (χ1n) is 15.6. The van der Waals surface area contributed by atoms with Gasteiger partial charge >= 0.3 is 32.3 Å². The molecule has 0 aromatic heterocycles. The van der Waals surface area contributed by atoms with Crippen molar-refractivity contribution in [1.82, 2.24) is 0 Å². The number of urea groups is 2. The average molecular weight is 735 g/mol. The van der Waals surface area contributed by atoms with Crippen LogP contribution in [-0.4, -0.2) is 28.9 Å². The minimum absolute atomic E-state index is 0.00264. The Morgan fingerprint density at radius 3 is 1.08 bits per heavy atom. The number of anilines is 4. The molecule has 0 unspecified atom stereocenters. The van der Waals surface area contributed by atoms with Gasteiger partial charge in [0.25, 0.3) is 0 Å². The zero-order valence-corrected chi connectivity index (χ0v) is 28.7. The van der Waals surface area contributed by atoms with E-state index in [1.54, 1.807) is 97.1 Å². The van der Waals surface area contributed by atoms with Gasteiger partial charge in [-0.15, -0.1) is 0 Å². The third-order valence-corrected chi connectivity index (χ3v) is 9.80. The normalized spacial score (nSPS) is 11.2. The Balaban J connectivity index is 1.06. The zero-order chi connectivity index (χ0) is 36.6. The summed E-state index contributed by atoms with van der Waals surface area (Å²) in [4.78, 5) is 24.5. The number of carbonyl (C=O) groups excluding carboxylic acids is 2. The first kappa shape index (κ1) is 35.2. The van der Waals surface area contributed by atoms with Crippen LogP contribution in [0.1, 0.15) is 0 Å². The van der Waals surface area contributed by atoms with E-state index >= 15 is 0 Å². The maximum Gasteiger partial charge on any atom is 0.339 e. The van der Waals surface area contributed by atoms with E-state index in [1.807, 2.05) is 12.1 Å². The Morgan fingerprint density at radius 2 is 0.712 bits per heavy atom. The van der Waals surface area contributed by atoms with Crippen molar-refractivity contribution < 1.29 is 34.8 Å². The summed E-state index contributed by atoms with van der Waals surface area (Å²) in [6, 6.07) is 40.3. The molecule has 0 saturated heterocycles. The minimum Gasteiger partial charge on any atom is -0.379 e. The topological polar surface area (TPSA) is 169 Å². The van der Waals surface area contributed by atoms with Crippen LogP contribution in [0.15, 0.2) is 168 Å². The van der Waals surface area contributed by atoms with Gasteiger partial charge in [0, 0.05) is 34.9 Å². The molecule has 0 aliphatic carbocycles. The van der Waals surface area contributed by atoms with Crippen molar-refractivity contribution >= 4 is 55.0 Å². The average Bonchev–Trinajstić information content (AvgIpc) is 3.12. The van der Waals surface area contributed by atoms with Crippen molar-refractivity contribution in [2.75, 3.05) is 21.3 Å². The minimum atomic E-state index is -4.24. The number of para-hydroxylation sites is 2. The second-order valence-electron chi connectivity index (χ2n) is 11.1. The van der Waals surface area contributed by atoms with Crippen LogP contribution in [0, 0.1) is 0 Å². The molecule has 6 aromatic rings. The molecule has 0 aliphatic heterocycles. The van der Waals surface area contributed by atoms with Gasteiger partial charge in [0.15, 0.2) is 0 Å². The van der Waals surface area contributed by atoms with E-state index in [1.165, 1.54) is 48.5 Å². The number of carbonyl (C=O) groups is 2. The highest BCUT2D eigenvalue weighted by Gasteiger charge is 2.19. The first-order valence-corrected chi connectivity index (χ1v) is 18.4. The van der Waals surface area contributed by atoms with Gasteiger partial charge in [0.1, 0.15) is 21.3 Å². The van der Waals surface area contributed by atoms with E-state index in [0.29, 0.717) is 33.9 Å². The first-order chi connectivity index (χ1) is 25.0. The summed E-state index contributed by atoms with van der Waals surface area (Å²) in [6.07, 6.45) is 0. The molecule has 0 spiro atoms. The number of hydrogen-bond acceptors (Lipinski definition) is 8. The number of nitrogens with one attached hydrogen (secondary N) is 4. The van der Waals surface area contributed by atoms with Gasteiger partial charge in [0.2, 0.25) is 0 Å². The summed E-state index contributed by atoms with van der Waals surface area (Å²) < 4.78 is 62.8. The van der Waals surface area contributed by atoms with E-state index in [0.717, 1.165) is 0 Å². The van der Waals surface area contributed by atoms with E-state index in [4.69, 9.17) is 8.37 Å². The van der Waals surface area contributed by atoms with Crippen molar-refractivity contribution in [2.45, 2.75) is 9.79 Å². The van der Waals surface area contributed by atoms with Gasteiger partial charge in [-0.05, 0) is 83.9 Å². The Hall–Kier alpha value is -6.64. The Morgan fingerprint density at radius 1 is 0.385 bits per heavy atom. The molecule has 0 bridgehead atoms. The molecular formula is C38H30N4O8S2. The van der Waals surface area contributed by atoms with Gasteiger partial charge in [-0.3, -0.25) is 0 Å². The van der Waals surface area contributed by atoms with Gasteiger partial charge in [-0.1, -0.05) is 72.8 Å². The molecule has 52 heavy (non-hydrogen) atoms. The van der Waals surface area contributed by atoms with Crippen LogP contribution in [0.4, 0.5) is 32.3 Å².